The van der Waals surface area contributed by atoms with Crippen LogP contribution in [0.5, 0.6) is 0 Å². The lowest BCUT2D eigenvalue weighted by Crippen LogP contribution is -2.18. The van der Waals surface area contributed by atoms with E-state index in [0.717, 1.165) is 19.4 Å². The van der Waals surface area contributed by atoms with Gasteiger partial charge in [0.25, 0.3) is 0 Å². The predicted octanol–water partition coefficient (Wildman–Crippen LogP) is 1.16. The first-order chi connectivity index (χ1) is 11.0. The molecule has 0 unspecified atom stereocenters. The molecule has 15 heavy (non-hydrogen) atoms. The van der Waals surface area contributed by atoms with Crippen molar-refractivity contribution in [2.24, 2.45) is 18.8 Å². The van der Waals surface area contributed by atoms with Gasteiger partial charge in [0.1, 0.15) is 0 Å². The number of ether oxygens (including phenoxy) is 1. The second-order valence-electron chi connectivity index (χ2n) is 2.90. The number of hydrogen-bond donors (Lipinski definition) is 0. The van der Waals surface area contributed by atoms with Crippen molar-refractivity contribution in [1.82, 2.24) is 9.55 Å². The Bertz CT molecular complexity index is 692. The van der Waals surface area contributed by atoms with E-state index in [1.807, 2.05) is 0 Å². The van der Waals surface area contributed by atoms with E-state index in [9.17, 15) is 4.79 Å². The van der Waals surface area contributed by atoms with Crippen LogP contribution in [0.1, 0.15) is 32.7 Å². The number of cyclic esters (lactones) is 1. The molecule has 0 aliphatic carbocycles. The number of aryl methyl sites for hydroxylation is 1. The summed E-state index contributed by atoms with van der Waals surface area (Å²) < 4.78 is 83.2. The molecule has 1 aliphatic heterocycles. The first kappa shape index (κ1) is 3.61. The monoisotopic (exact) mass is 218 g/mol. The molecule has 0 amide bonds. The van der Waals surface area contributed by atoms with Gasteiger partial charge >= 0.3 is 5.97 Å². The van der Waals surface area contributed by atoms with Gasteiger partial charge in [-0.2, -0.15) is 0 Å². The number of imidazole rings is 1. The number of carbonyl (C=O) groups excluding carboxylic acids is 1. The third kappa shape index (κ3) is 1.89. The van der Waals surface area contributed by atoms with Gasteiger partial charge in [0, 0.05) is 35.8 Å². The molecule has 1 fully saturated rings. The number of hydrogen-bond acceptors (Lipinski definition) is 3. The van der Waals surface area contributed by atoms with Crippen molar-refractivity contribution in [2.75, 3.05) is 6.56 Å². The zero-order valence-electron chi connectivity index (χ0n) is 17.9. The molecule has 0 aromatic carbocycles. The van der Waals surface area contributed by atoms with Gasteiger partial charge in [0.2, 0.25) is 0 Å². The van der Waals surface area contributed by atoms with Gasteiger partial charge in [-0.3, -0.25) is 4.79 Å². The standard InChI is InChI=1S/C11H16N2O2/c1-3-10-8(6-15-11(10)14)4-9-5-12-7-13(9)2/h5,7-8,10H,3-4,6H2,1-2H3/t8-,10-/m0/s1/i2D3,3D2,4D2,6D2,10D. The van der Waals surface area contributed by atoms with Gasteiger partial charge in [-0.15, -0.1) is 0 Å². The molecule has 1 aromatic heterocycles. The lowest BCUT2D eigenvalue weighted by molar-refractivity contribution is -0.141. The smallest absolute Gasteiger partial charge is 0.309 e. The fourth-order valence-corrected chi connectivity index (χ4v) is 1.24. The molecule has 1 aromatic rings. The Labute approximate surface area is 103 Å². The van der Waals surface area contributed by atoms with Crippen molar-refractivity contribution >= 4 is 5.97 Å². The van der Waals surface area contributed by atoms with Crippen LogP contribution in [0, 0.1) is 11.8 Å². The zero-order chi connectivity index (χ0) is 19.6. The highest BCUT2D eigenvalue weighted by Gasteiger charge is 2.35. The van der Waals surface area contributed by atoms with Crippen molar-refractivity contribution < 1.29 is 23.2 Å². The fourth-order valence-electron chi connectivity index (χ4n) is 1.24. The van der Waals surface area contributed by atoms with E-state index in [0.29, 0.717) is 4.57 Å². The molecule has 4 nitrogen and oxygen atoms in total. The van der Waals surface area contributed by atoms with Crippen molar-refractivity contribution in [1.29, 1.82) is 0 Å². The van der Waals surface area contributed by atoms with Gasteiger partial charge in [0.15, 0.2) is 0 Å². The fraction of sp³-hybridized carbons (Fsp3) is 0.636. The molecule has 1 saturated heterocycles. The molecule has 82 valence electrons. The first-order valence-corrected chi connectivity index (χ1v) is 4.24. The van der Waals surface area contributed by atoms with Crippen LogP contribution in [0.3, 0.4) is 0 Å². The second kappa shape index (κ2) is 4.04. The summed E-state index contributed by atoms with van der Waals surface area (Å²) in [5, 5.41) is 0. The summed E-state index contributed by atoms with van der Waals surface area (Å²) in [6, 6.07) is 0. The molecule has 1 aliphatic rings. The lowest BCUT2D eigenvalue weighted by atomic mass is 9.89. The molecular weight excluding hydrogens is 192 g/mol. The van der Waals surface area contributed by atoms with E-state index in [1.165, 1.54) is 0 Å². The van der Waals surface area contributed by atoms with Crippen LogP contribution in [0.25, 0.3) is 0 Å². The molecule has 0 saturated carbocycles. The van der Waals surface area contributed by atoms with Crippen LogP contribution in [0.15, 0.2) is 12.5 Å². The Kier molecular flexibility index (Phi) is 0.974. The van der Waals surface area contributed by atoms with E-state index in [4.69, 9.17) is 13.7 Å². The van der Waals surface area contributed by atoms with E-state index in [2.05, 4.69) is 9.72 Å². The third-order valence-corrected chi connectivity index (χ3v) is 1.98. The number of carbonyl (C=O) groups is 1. The van der Waals surface area contributed by atoms with Crippen LogP contribution in [-0.4, -0.2) is 22.1 Å². The molecule has 2 heterocycles. The van der Waals surface area contributed by atoms with Crippen molar-refractivity contribution in [3.63, 3.8) is 0 Å². The average Bonchev–Trinajstić information content (AvgIpc) is 2.90. The summed E-state index contributed by atoms with van der Waals surface area (Å²) >= 11 is 0. The molecule has 0 spiro atoms. The van der Waals surface area contributed by atoms with E-state index in [-0.39, 0.29) is 0 Å². The maximum Gasteiger partial charge on any atom is 0.309 e. The van der Waals surface area contributed by atoms with Crippen LogP contribution in [0.4, 0.5) is 0 Å². The molecule has 0 bridgehead atoms. The maximum atomic E-state index is 12.1. The van der Waals surface area contributed by atoms with Gasteiger partial charge in [-0.05, 0) is 12.7 Å². The van der Waals surface area contributed by atoms with Gasteiger partial charge < -0.3 is 9.30 Å². The normalized spacial score (nSPS) is 46.5. The second-order valence-corrected chi connectivity index (χ2v) is 2.90. The largest absolute Gasteiger partial charge is 0.465 e. The first-order valence-electron chi connectivity index (χ1n) is 9.24. The maximum absolute atomic E-state index is 12.1. The number of aromatic nitrogens is 2. The van der Waals surface area contributed by atoms with Crippen molar-refractivity contribution in [2.45, 2.75) is 19.7 Å². The number of nitrogens with zero attached hydrogens (tertiary/aromatic N) is 2. The van der Waals surface area contributed by atoms with E-state index >= 15 is 0 Å². The highest BCUT2D eigenvalue weighted by Crippen LogP contribution is 2.27. The Morgan fingerprint density at radius 3 is 3.60 bits per heavy atom. The molecule has 2 rings (SSSR count). The molecular formula is C11H16N2O2. The minimum atomic E-state index is -3.03. The van der Waals surface area contributed by atoms with Gasteiger partial charge in [0.05, 0.1) is 21.5 Å². The van der Waals surface area contributed by atoms with Gasteiger partial charge in [-0.25, -0.2) is 4.98 Å². The minimum Gasteiger partial charge on any atom is -0.465 e. The summed E-state index contributed by atoms with van der Waals surface area (Å²) in [7, 11) is 0. The molecule has 4 heteroatoms. The topological polar surface area (TPSA) is 44.1 Å². The predicted molar refractivity (Wildman–Crippen MR) is 55.1 cm³/mol. The molecule has 0 N–H and O–H groups in total. The average molecular weight is 218 g/mol. The summed E-state index contributed by atoms with van der Waals surface area (Å²) in [5.74, 6) is -6.78. The van der Waals surface area contributed by atoms with Crippen LogP contribution in [0.2, 0.25) is 0 Å². The third-order valence-electron chi connectivity index (χ3n) is 1.98. The number of rotatable bonds is 3. The summed E-state index contributed by atoms with van der Waals surface area (Å²) in [6.07, 6.45) is -3.96. The SMILES string of the molecule is [2H]C1([2H])OC(=O)[C@@]([2H])(C([2H])([2H])C)[C@H]1C([2H])([2H])c1cncn1C([2H])([2H])[2H]. The van der Waals surface area contributed by atoms with Crippen LogP contribution >= 0.6 is 0 Å². The minimum absolute atomic E-state index is 0.484. The highest BCUT2D eigenvalue weighted by atomic mass is 16.5. The zero-order valence-corrected chi connectivity index (χ0v) is 7.94. The quantitative estimate of drug-likeness (QED) is 0.715. The summed E-state index contributed by atoms with van der Waals surface area (Å²) in [6.45, 7) is -5.03. The highest BCUT2D eigenvalue weighted by molar-refractivity contribution is 5.74. The van der Waals surface area contributed by atoms with E-state index in [1.54, 1.807) is 0 Å². The van der Waals surface area contributed by atoms with Crippen molar-refractivity contribution in [3.05, 3.63) is 18.2 Å². The Hall–Kier alpha value is -1.32. The van der Waals surface area contributed by atoms with Crippen LogP contribution in [-0.2, 0) is 22.9 Å². The summed E-state index contributed by atoms with van der Waals surface area (Å²) in [4.78, 5) is 15.6. The Morgan fingerprint density at radius 2 is 2.87 bits per heavy atom. The summed E-state index contributed by atoms with van der Waals surface area (Å²) in [5.41, 5.74) is -0.611. The number of esters is 1. The Morgan fingerprint density at radius 1 is 2.00 bits per heavy atom. The van der Waals surface area contributed by atoms with Gasteiger partial charge in [-0.1, -0.05) is 6.92 Å². The van der Waals surface area contributed by atoms with E-state index < -0.39 is 49.8 Å². The van der Waals surface area contributed by atoms with Crippen molar-refractivity contribution in [3.8, 4) is 0 Å². The Balaban J connectivity index is 2.72. The molecule has 0 radical (unpaired) electrons. The molecule has 2 atom stereocenters. The van der Waals surface area contributed by atoms with Crippen LogP contribution < -0.4 is 0 Å². The lowest BCUT2D eigenvalue weighted by Gasteiger charge is -2.12.